The minimum absolute atomic E-state index is 0.143. The number of nitrogens with one attached hydrogen (secondary N) is 1. The second kappa shape index (κ2) is 6.36. The first-order chi connectivity index (χ1) is 9.11. The summed E-state index contributed by atoms with van der Waals surface area (Å²) >= 11 is 10.7. The fourth-order valence-electron chi connectivity index (χ4n) is 1.35. The van der Waals surface area contributed by atoms with E-state index in [0.29, 0.717) is 10.8 Å². The average Bonchev–Trinajstić information content (AvgIpc) is 2.41. The monoisotopic (exact) mass is 357 g/mol. The Morgan fingerprint density at radius 3 is 2.79 bits per heavy atom. The van der Waals surface area contributed by atoms with Gasteiger partial charge in [0.05, 0.1) is 11.3 Å². The van der Waals surface area contributed by atoms with Gasteiger partial charge < -0.3 is 5.32 Å². The number of hydrogen-bond donors (Lipinski definition) is 1. The van der Waals surface area contributed by atoms with E-state index < -0.39 is 0 Å². The molecule has 0 bridgehead atoms. The first kappa shape index (κ1) is 14.3. The van der Waals surface area contributed by atoms with Gasteiger partial charge in [-0.2, -0.15) is 0 Å². The molecule has 1 amide bonds. The number of amides is 1. The number of carbonyl (C=O) groups excluding carboxylic acids is 1. The molecule has 1 N–H and O–H groups in total. The van der Waals surface area contributed by atoms with Crippen LogP contribution in [0.4, 0.5) is 5.69 Å². The Kier molecular flexibility index (Phi) is 4.79. The standard InChI is InChI=1S/C12H9BrClN3OS/c1-19-12-15-6-7(10(14)17-12)11(18)16-9-5-3-2-4-8(9)13/h2-6H,1H3,(H,16,18). The number of para-hydroxylation sites is 1. The molecule has 0 aliphatic carbocycles. The van der Waals surface area contributed by atoms with Crippen molar-refractivity contribution >= 4 is 50.9 Å². The number of rotatable bonds is 3. The first-order valence-electron chi connectivity index (χ1n) is 5.24. The molecule has 4 nitrogen and oxygen atoms in total. The van der Waals surface area contributed by atoms with E-state index in [4.69, 9.17) is 11.6 Å². The summed E-state index contributed by atoms with van der Waals surface area (Å²) in [4.78, 5) is 20.1. The number of benzene rings is 1. The summed E-state index contributed by atoms with van der Waals surface area (Å²) < 4.78 is 0.793. The van der Waals surface area contributed by atoms with Gasteiger partial charge >= 0.3 is 0 Å². The van der Waals surface area contributed by atoms with Crippen molar-refractivity contribution in [3.8, 4) is 0 Å². The van der Waals surface area contributed by atoms with Gasteiger partial charge in [0.1, 0.15) is 5.15 Å². The van der Waals surface area contributed by atoms with Gasteiger partial charge in [0.2, 0.25) is 0 Å². The molecule has 0 spiro atoms. The van der Waals surface area contributed by atoms with Crippen LogP contribution in [-0.2, 0) is 0 Å². The number of thioether (sulfide) groups is 1. The fourth-order valence-corrected chi connectivity index (χ4v) is 2.34. The van der Waals surface area contributed by atoms with Crippen molar-refractivity contribution in [1.29, 1.82) is 0 Å². The molecule has 2 rings (SSSR count). The Morgan fingerprint density at radius 2 is 2.16 bits per heavy atom. The molecule has 0 saturated heterocycles. The Hall–Kier alpha value is -1.11. The number of hydrogen-bond acceptors (Lipinski definition) is 4. The largest absolute Gasteiger partial charge is 0.321 e. The van der Waals surface area contributed by atoms with E-state index in [-0.39, 0.29) is 16.6 Å². The van der Waals surface area contributed by atoms with Crippen LogP contribution in [0.5, 0.6) is 0 Å². The number of aromatic nitrogens is 2. The Labute approximate surface area is 128 Å². The van der Waals surface area contributed by atoms with E-state index in [1.54, 1.807) is 6.07 Å². The number of halogens is 2. The average molecular weight is 359 g/mol. The van der Waals surface area contributed by atoms with Gasteiger partial charge in [-0.15, -0.1) is 0 Å². The van der Waals surface area contributed by atoms with E-state index in [1.165, 1.54) is 18.0 Å². The van der Waals surface area contributed by atoms with Crippen LogP contribution >= 0.6 is 39.3 Å². The van der Waals surface area contributed by atoms with Crippen LogP contribution in [0.2, 0.25) is 5.15 Å². The molecule has 0 aliphatic rings. The minimum atomic E-state index is -0.343. The molecule has 1 heterocycles. The molecule has 2 aromatic rings. The van der Waals surface area contributed by atoms with Crippen molar-refractivity contribution < 1.29 is 4.79 Å². The summed E-state index contributed by atoms with van der Waals surface area (Å²) in [5.41, 5.74) is 0.910. The van der Waals surface area contributed by atoms with Crippen molar-refractivity contribution in [2.24, 2.45) is 0 Å². The highest BCUT2D eigenvalue weighted by atomic mass is 79.9. The topological polar surface area (TPSA) is 54.9 Å². The van der Waals surface area contributed by atoms with Gasteiger partial charge in [-0.05, 0) is 34.3 Å². The van der Waals surface area contributed by atoms with Gasteiger partial charge in [0.15, 0.2) is 5.16 Å². The summed E-state index contributed by atoms with van der Waals surface area (Å²) in [5.74, 6) is -0.343. The van der Waals surface area contributed by atoms with E-state index >= 15 is 0 Å². The SMILES string of the molecule is CSc1ncc(C(=O)Nc2ccccc2Br)c(Cl)n1. The molecule has 7 heteroatoms. The zero-order chi connectivity index (χ0) is 13.8. The molecule has 0 radical (unpaired) electrons. The highest BCUT2D eigenvalue weighted by Crippen LogP contribution is 2.23. The van der Waals surface area contributed by atoms with Crippen LogP contribution in [0.3, 0.4) is 0 Å². The lowest BCUT2D eigenvalue weighted by Crippen LogP contribution is -2.14. The lowest BCUT2D eigenvalue weighted by molar-refractivity contribution is 0.102. The lowest BCUT2D eigenvalue weighted by Gasteiger charge is -2.08. The van der Waals surface area contributed by atoms with E-state index in [2.05, 4.69) is 31.2 Å². The Balaban J connectivity index is 2.23. The predicted octanol–water partition coefficient (Wildman–Crippen LogP) is 3.87. The van der Waals surface area contributed by atoms with Crippen molar-refractivity contribution in [2.45, 2.75) is 5.16 Å². The zero-order valence-corrected chi connectivity index (χ0v) is 13.0. The predicted molar refractivity (Wildman–Crippen MR) is 80.9 cm³/mol. The second-order valence-corrected chi connectivity index (χ2v) is 5.48. The highest BCUT2D eigenvalue weighted by molar-refractivity contribution is 9.10. The number of nitrogens with zero attached hydrogens (tertiary/aromatic N) is 2. The molecule has 0 saturated carbocycles. The van der Waals surface area contributed by atoms with E-state index in [9.17, 15) is 4.79 Å². The molecular formula is C12H9BrClN3OS. The third-order valence-electron chi connectivity index (χ3n) is 2.27. The van der Waals surface area contributed by atoms with E-state index in [1.807, 2.05) is 24.5 Å². The second-order valence-electron chi connectivity index (χ2n) is 3.50. The smallest absolute Gasteiger partial charge is 0.260 e. The molecule has 19 heavy (non-hydrogen) atoms. The molecule has 1 aromatic carbocycles. The zero-order valence-electron chi connectivity index (χ0n) is 9.85. The number of anilines is 1. The Morgan fingerprint density at radius 1 is 1.42 bits per heavy atom. The summed E-state index contributed by atoms with van der Waals surface area (Å²) in [5, 5.41) is 3.42. The molecular weight excluding hydrogens is 350 g/mol. The summed E-state index contributed by atoms with van der Waals surface area (Å²) in [7, 11) is 0. The van der Waals surface area contributed by atoms with Crippen LogP contribution in [-0.4, -0.2) is 22.1 Å². The van der Waals surface area contributed by atoms with Crippen molar-refractivity contribution in [1.82, 2.24) is 9.97 Å². The molecule has 1 aromatic heterocycles. The molecule has 98 valence electrons. The molecule has 0 aliphatic heterocycles. The van der Waals surface area contributed by atoms with Crippen LogP contribution in [0.25, 0.3) is 0 Å². The third-order valence-corrected chi connectivity index (χ3v) is 3.81. The van der Waals surface area contributed by atoms with Gasteiger partial charge in [-0.1, -0.05) is 35.5 Å². The normalized spacial score (nSPS) is 10.3. The maximum Gasteiger partial charge on any atom is 0.260 e. The van der Waals surface area contributed by atoms with Crippen LogP contribution < -0.4 is 5.32 Å². The lowest BCUT2D eigenvalue weighted by atomic mass is 10.3. The molecule has 0 atom stereocenters. The van der Waals surface area contributed by atoms with Crippen LogP contribution in [0.1, 0.15) is 10.4 Å². The maximum atomic E-state index is 12.1. The van der Waals surface area contributed by atoms with Gasteiger partial charge in [-0.25, -0.2) is 9.97 Å². The Bertz CT molecular complexity index is 624. The first-order valence-corrected chi connectivity index (χ1v) is 7.64. The minimum Gasteiger partial charge on any atom is -0.321 e. The quantitative estimate of drug-likeness (QED) is 0.514. The molecule has 0 fully saturated rings. The third kappa shape index (κ3) is 3.46. The summed E-state index contributed by atoms with van der Waals surface area (Å²) in [6.45, 7) is 0. The highest BCUT2D eigenvalue weighted by Gasteiger charge is 2.14. The summed E-state index contributed by atoms with van der Waals surface area (Å²) in [6, 6.07) is 7.32. The maximum absolute atomic E-state index is 12.1. The summed E-state index contributed by atoms with van der Waals surface area (Å²) in [6.07, 6.45) is 3.26. The van der Waals surface area contributed by atoms with Gasteiger partial charge in [-0.3, -0.25) is 4.79 Å². The van der Waals surface area contributed by atoms with Gasteiger partial charge in [0.25, 0.3) is 5.91 Å². The van der Waals surface area contributed by atoms with Crippen molar-refractivity contribution in [3.05, 3.63) is 45.7 Å². The van der Waals surface area contributed by atoms with E-state index in [0.717, 1.165) is 4.47 Å². The molecule has 0 unspecified atom stereocenters. The number of carbonyl (C=O) groups is 1. The van der Waals surface area contributed by atoms with Crippen molar-refractivity contribution in [2.75, 3.05) is 11.6 Å². The van der Waals surface area contributed by atoms with Crippen molar-refractivity contribution in [3.63, 3.8) is 0 Å². The van der Waals surface area contributed by atoms with Gasteiger partial charge in [0, 0.05) is 10.7 Å². The fraction of sp³-hybridized carbons (Fsp3) is 0.0833. The van der Waals surface area contributed by atoms with Crippen LogP contribution in [0, 0.1) is 0 Å². The van der Waals surface area contributed by atoms with Crippen LogP contribution in [0.15, 0.2) is 40.1 Å².